The third kappa shape index (κ3) is 3.27. The van der Waals surface area contributed by atoms with Crippen LogP contribution in [0.3, 0.4) is 0 Å². The standard InChI is InChI=1S/C16H26N2O4/c1-4-5-6-15(2,3)9-17-10-16-7-11(13(19)20)18(14(21)22)12(16)8-16/h4,11-12,17H,1,5-10H2,2-3H3,(H,19,20)(H,21,22)/t11-,12+,16-/m0/s1. The first-order valence-corrected chi connectivity index (χ1v) is 7.78. The fourth-order valence-corrected chi connectivity index (χ4v) is 3.61. The molecule has 1 saturated carbocycles. The number of allylic oxidation sites excluding steroid dienone is 1. The van der Waals surface area contributed by atoms with Crippen molar-refractivity contribution in [1.29, 1.82) is 0 Å². The summed E-state index contributed by atoms with van der Waals surface area (Å²) >= 11 is 0. The molecule has 0 spiro atoms. The molecule has 1 heterocycles. The highest BCUT2D eigenvalue weighted by atomic mass is 16.4. The first-order chi connectivity index (χ1) is 10.2. The monoisotopic (exact) mass is 310 g/mol. The van der Waals surface area contributed by atoms with Crippen LogP contribution in [0.4, 0.5) is 4.79 Å². The number of fused-ring (bicyclic) bond motifs is 1. The first kappa shape index (κ1) is 16.8. The molecular formula is C16H26N2O4. The van der Waals surface area contributed by atoms with Crippen molar-refractivity contribution in [1.82, 2.24) is 10.2 Å². The summed E-state index contributed by atoms with van der Waals surface area (Å²) in [7, 11) is 0. The van der Waals surface area contributed by atoms with Crippen molar-refractivity contribution >= 4 is 12.1 Å². The molecule has 1 saturated heterocycles. The molecule has 0 radical (unpaired) electrons. The number of aliphatic carboxylic acids is 1. The highest BCUT2D eigenvalue weighted by Gasteiger charge is 2.67. The molecule has 3 N–H and O–H groups in total. The summed E-state index contributed by atoms with van der Waals surface area (Å²) < 4.78 is 0. The predicted molar refractivity (Wildman–Crippen MR) is 82.8 cm³/mol. The van der Waals surface area contributed by atoms with Gasteiger partial charge in [0.2, 0.25) is 0 Å². The van der Waals surface area contributed by atoms with E-state index in [1.165, 1.54) is 0 Å². The topological polar surface area (TPSA) is 89.9 Å². The highest BCUT2D eigenvalue weighted by Crippen LogP contribution is 2.59. The Bertz CT molecular complexity index is 477. The van der Waals surface area contributed by atoms with E-state index in [-0.39, 0.29) is 16.9 Å². The van der Waals surface area contributed by atoms with Crippen LogP contribution < -0.4 is 5.32 Å². The molecule has 0 aromatic heterocycles. The Morgan fingerprint density at radius 3 is 2.59 bits per heavy atom. The second-order valence-electron chi connectivity index (χ2n) is 7.43. The van der Waals surface area contributed by atoms with Gasteiger partial charge in [-0.15, -0.1) is 6.58 Å². The largest absolute Gasteiger partial charge is 0.480 e. The molecule has 2 rings (SSSR count). The Balaban J connectivity index is 1.88. The fraction of sp³-hybridized carbons (Fsp3) is 0.750. The van der Waals surface area contributed by atoms with Gasteiger partial charge >= 0.3 is 12.1 Å². The molecule has 0 unspecified atom stereocenters. The Morgan fingerprint density at radius 2 is 2.09 bits per heavy atom. The van der Waals surface area contributed by atoms with E-state index in [9.17, 15) is 19.8 Å². The molecule has 1 aliphatic heterocycles. The van der Waals surface area contributed by atoms with E-state index in [1.54, 1.807) is 0 Å². The van der Waals surface area contributed by atoms with Crippen molar-refractivity contribution in [2.24, 2.45) is 10.8 Å². The predicted octanol–water partition coefficient (Wildman–Crippen LogP) is 2.16. The van der Waals surface area contributed by atoms with Gasteiger partial charge < -0.3 is 15.5 Å². The summed E-state index contributed by atoms with van der Waals surface area (Å²) in [5.74, 6) is -1.04. The van der Waals surface area contributed by atoms with Crippen molar-refractivity contribution in [3.8, 4) is 0 Å². The lowest BCUT2D eigenvalue weighted by Crippen LogP contribution is -2.42. The average Bonchev–Trinajstić information content (AvgIpc) is 3.00. The molecule has 6 nitrogen and oxygen atoms in total. The summed E-state index contributed by atoms with van der Waals surface area (Å²) in [4.78, 5) is 23.7. The molecule has 6 heteroatoms. The zero-order chi connectivity index (χ0) is 16.5. The Morgan fingerprint density at radius 1 is 1.41 bits per heavy atom. The molecule has 2 fully saturated rings. The minimum atomic E-state index is -1.12. The Hall–Kier alpha value is -1.56. The van der Waals surface area contributed by atoms with Crippen LogP contribution in [0.5, 0.6) is 0 Å². The van der Waals surface area contributed by atoms with Gasteiger partial charge in [0.05, 0.1) is 0 Å². The number of hydrogen-bond donors (Lipinski definition) is 3. The maximum Gasteiger partial charge on any atom is 0.408 e. The van der Waals surface area contributed by atoms with Crippen LogP contribution in [0.2, 0.25) is 0 Å². The molecule has 0 aromatic carbocycles. The number of carbonyl (C=O) groups is 2. The van der Waals surface area contributed by atoms with E-state index in [0.29, 0.717) is 13.0 Å². The van der Waals surface area contributed by atoms with Crippen molar-refractivity contribution in [2.45, 2.75) is 51.6 Å². The SMILES string of the molecule is C=CCCC(C)(C)CNC[C@@]12C[C@@H](C(=O)O)N(C(=O)O)[C@@H]1C2. The highest BCUT2D eigenvalue weighted by molar-refractivity contribution is 5.81. The van der Waals surface area contributed by atoms with Crippen LogP contribution in [0.15, 0.2) is 12.7 Å². The number of carboxylic acids is 1. The van der Waals surface area contributed by atoms with E-state index in [0.717, 1.165) is 30.7 Å². The van der Waals surface area contributed by atoms with Crippen LogP contribution in [-0.4, -0.2) is 52.3 Å². The molecule has 2 aliphatic rings. The van der Waals surface area contributed by atoms with E-state index < -0.39 is 18.1 Å². The van der Waals surface area contributed by atoms with Gasteiger partial charge in [-0.25, -0.2) is 9.59 Å². The van der Waals surface area contributed by atoms with Gasteiger partial charge in [-0.3, -0.25) is 4.90 Å². The van der Waals surface area contributed by atoms with Crippen molar-refractivity contribution in [2.75, 3.05) is 13.1 Å². The van der Waals surface area contributed by atoms with Gasteiger partial charge in [0.1, 0.15) is 6.04 Å². The molecule has 1 aliphatic carbocycles. The van der Waals surface area contributed by atoms with Crippen LogP contribution in [0.25, 0.3) is 0 Å². The molecule has 1 amide bonds. The summed E-state index contributed by atoms with van der Waals surface area (Å²) in [5.41, 5.74) is -0.0392. The van der Waals surface area contributed by atoms with Crippen LogP contribution >= 0.6 is 0 Å². The molecular weight excluding hydrogens is 284 g/mol. The Labute approximate surface area is 131 Å². The third-order valence-corrected chi connectivity index (χ3v) is 5.03. The third-order valence-electron chi connectivity index (χ3n) is 5.03. The van der Waals surface area contributed by atoms with Gasteiger partial charge in [-0.05, 0) is 31.1 Å². The summed E-state index contributed by atoms with van der Waals surface area (Å²) in [6.07, 6.45) is 3.98. The maximum atomic E-state index is 11.3. The summed E-state index contributed by atoms with van der Waals surface area (Å²) in [6.45, 7) is 9.62. The molecule has 22 heavy (non-hydrogen) atoms. The first-order valence-electron chi connectivity index (χ1n) is 7.78. The number of rotatable bonds is 8. The van der Waals surface area contributed by atoms with Gasteiger partial charge in [-0.1, -0.05) is 19.9 Å². The lowest BCUT2D eigenvalue weighted by molar-refractivity contribution is -0.142. The zero-order valence-electron chi connectivity index (χ0n) is 13.3. The Kier molecular flexibility index (Phi) is 4.52. The molecule has 0 aromatic rings. The van der Waals surface area contributed by atoms with E-state index in [4.69, 9.17) is 0 Å². The molecule has 0 bridgehead atoms. The minimum absolute atomic E-state index is 0.144. The van der Waals surface area contributed by atoms with Gasteiger partial charge in [-0.2, -0.15) is 0 Å². The maximum absolute atomic E-state index is 11.3. The smallest absolute Gasteiger partial charge is 0.408 e. The van der Waals surface area contributed by atoms with Gasteiger partial charge in [0.15, 0.2) is 0 Å². The number of amides is 1. The quantitative estimate of drug-likeness (QED) is 0.598. The van der Waals surface area contributed by atoms with Crippen LogP contribution in [0, 0.1) is 10.8 Å². The summed E-state index contributed by atoms with van der Waals surface area (Å²) in [5, 5.41) is 21.9. The summed E-state index contributed by atoms with van der Waals surface area (Å²) in [6, 6.07) is -1.04. The van der Waals surface area contributed by atoms with E-state index in [2.05, 4.69) is 25.7 Å². The van der Waals surface area contributed by atoms with Crippen LogP contribution in [0.1, 0.15) is 39.5 Å². The van der Waals surface area contributed by atoms with E-state index >= 15 is 0 Å². The second-order valence-corrected chi connectivity index (χ2v) is 7.43. The molecule has 3 atom stereocenters. The molecule has 124 valence electrons. The van der Waals surface area contributed by atoms with Gasteiger partial charge in [0, 0.05) is 24.5 Å². The lowest BCUT2D eigenvalue weighted by atomic mass is 9.87. The van der Waals surface area contributed by atoms with Gasteiger partial charge in [0.25, 0.3) is 0 Å². The number of hydrogen-bond acceptors (Lipinski definition) is 3. The van der Waals surface area contributed by atoms with Crippen molar-refractivity contribution in [3.05, 3.63) is 12.7 Å². The number of likely N-dealkylation sites (tertiary alicyclic amines) is 1. The number of nitrogens with one attached hydrogen (secondary N) is 1. The average molecular weight is 310 g/mol. The number of nitrogens with zero attached hydrogens (tertiary/aromatic N) is 1. The van der Waals surface area contributed by atoms with Crippen molar-refractivity contribution < 1.29 is 19.8 Å². The fourth-order valence-electron chi connectivity index (χ4n) is 3.61. The minimum Gasteiger partial charge on any atom is -0.480 e. The van der Waals surface area contributed by atoms with Crippen molar-refractivity contribution in [3.63, 3.8) is 0 Å². The van der Waals surface area contributed by atoms with E-state index in [1.807, 2.05) is 6.08 Å². The van der Waals surface area contributed by atoms with Crippen LogP contribution in [-0.2, 0) is 4.79 Å². The number of piperidine rings is 1. The number of carboxylic acid groups (broad SMARTS) is 2. The normalized spacial score (nSPS) is 30.0. The second kappa shape index (κ2) is 5.91. The lowest BCUT2D eigenvalue weighted by Gasteiger charge is -2.26. The zero-order valence-corrected chi connectivity index (χ0v) is 13.3.